The first-order chi connectivity index (χ1) is 8.26. The van der Waals surface area contributed by atoms with Crippen LogP contribution in [0.3, 0.4) is 0 Å². The smallest absolute Gasteiger partial charge is 0.222 e. The number of fused-ring (bicyclic) bond motifs is 1. The van der Waals surface area contributed by atoms with E-state index in [0.717, 1.165) is 10.9 Å². The van der Waals surface area contributed by atoms with Crippen LogP contribution in [0, 0.1) is 0 Å². The summed E-state index contributed by atoms with van der Waals surface area (Å²) >= 11 is 0. The van der Waals surface area contributed by atoms with Crippen molar-refractivity contribution in [2.75, 3.05) is 14.2 Å². The molecule has 2 aromatic rings. The fourth-order valence-corrected chi connectivity index (χ4v) is 1.65. The summed E-state index contributed by atoms with van der Waals surface area (Å²) < 4.78 is 9.86. The lowest BCUT2D eigenvalue weighted by atomic mass is 10.1. The van der Waals surface area contributed by atoms with E-state index < -0.39 is 6.29 Å². The van der Waals surface area contributed by atoms with Crippen molar-refractivity contribution < 1.29 is 14.3 Å². The molecule has 0 aliphatic rings. The Kier molecular flexibility index (Phi) is 3.46. The van der Waals surface area contributed by atoms with Crippen LogP contribution in [-0.4, -0.2) is 31.3 Å². The second-order valence-electron chi connectivity index (χ2n) is 3.58. The third kappa shape index (κ3) is 2.33. The molecule has 0 fully saturated rings. The summed E-state index contributed by atoms with van der Waals surface area (Å²) in [5.41, 5.74) is 1.34. The van der Waals surface area contributed by atoms with Gasteiger partial charge in [0.25, 0.3) is 0 Å². The number of carbonyl (C=O) groups excluding carboxylic acids is 1. The van der Waals surface area contributed by atoms with Crippen LogP contribution in [0.4, 0.5) is 0 Å². The van der Waals surface area contributed by atoms with Crippen molar-refractivity contribution in [2.45, 2.75) is 6.29 Å². The minimum atomic E-state index is -0.877. The topological polar surface area (TPSA) is 48.4 Å². The maximum absolute atomic E-state index is 12.0. The van der Waals surface area contributed by atoms with Gasteiger partial charge in [0.05, 0.1) is 5.52 Å². The SMILES string of the molecule is COC(OC)C(=O)c1cnc2ccccc2c1. The highest BCUT2D eigenvalue weighted by atomic mass is 16.7. The van der Waals surface area contributed by atoms with Crippen molar-refractivity contribution in [1.29, 1.82) is 0 Å². The first kappa shape index (κ1) is 11.7. The summed E-state index contributed by atoms with van der Waals surface area (Å²) in [6.07, 6.45) is 0.661. The molecule has 0 amide bonds. The Hall–Kier alpha value is -1.78. The van der Waals surface area contributed by atoms with Gasteiger partial charge in [0, 0.05) is 31.4 Å². The molecule has 0 radical (unpaired) electrons. The van der Waals surface area contributed by atoms with Crippen molar-refractivity contribution in [3.63, 3.8) is 0 Å². The van der Waals surface area contributed by atoms with E-state index in [1.807, 2.05) is 24.3 Å². The Bertz CT molecular complexity index is 535. The van der Waals surface area contributed by atoms with Crippen molar-refractivity contribution in [3.05, 3.63) is 42.1 Å². The summed E-state index contributed by atoms with van der Waals surface area (Å²) in [5.74, 6) is -0.228. The molecular formula is C13H13NO3. The van der Waals surface area contributed by atoms with Crippen LogP contribution in [0.2, 0.25) is 0 Å². The molecule has 1 aromatic heterocycles. The highest BCUT2D eigenvalue weighted by molar-refractivity contribution is 6.00. The highest BCUT2D eigenvalue weighted by Gasteiger charge is 2.19. The van der Waals surface area contributed by atoms with Crippen LogP contribution in [0.15, 0.2) is 36.5 Å². The van der Waals surface area contributed by atoms with Crippen molar-refractivity contribution in [1.82, 2.24) is 4.98 Å². The van der Waals surface area contributed by atoms with E-state index in [1.54, 1.807) is 6.07 Å². The molecule has 0 saturated carbocycles. The first-order valence-corrected chi connectivity index (χ1v) is 5.21. The minimum Gasteiger partial charge on any atom is -0.349 e. The van der Waals surface area contributed by atoms with Gasteiger partial charge < -0.3 is 9.47 Å². The number of hydrogen-bond acceptors (Lipinski definition) is 4. The van der Waals surface area contributed by atoms with Crippen molar-refractivity contribution in [3.8, 4) is 0 Å². The molecule has 0 saturated heterocycles. The van der Waals surface area contributed by atoms with E-state index in [2.05, 4.69) is 4.98 Å². The monoisotopic (exact) mass is 231 g/mol. The highest BCUT2D eigenvalue weighted by Crippen LogP contribution is 2.14. The number of methoxy groups -OCH3 is 2. The number of hydrogen-bond donors (Lipinski definition) is 0. The Morgan fingerprint density at radius 2 is 1.94 bits per heavy atom. The maximum atomic E-state index is 12.0. The van der Waals surface area contributed by atoms with Crippen LogP contribution >= 0.6 is 0 Å². The molecule has 0 bridgehead atoms. The summed E-state index contributed by atoms with van der Waals surface area (Å²) in [5, 5.41) is 0.921. The Morgan fingerprint density at radius 1 is 1.24 bits per heavy atom. The number of Topliss-reactive ketones (excluding diaryl/α,β-unsaturated/α-hetero) is 1. The molecule has 0 spiro atoms. The van der Waals surface area contributed by atoms with Gasteiger partial charge in [-0.25, -0.2) is 0 Å². The van der Waals surface area contributed by atoms with E-state index in [0.29, 0.717) is 5.56 Å². The zero-order valence-electron chi connectivity index (χ0n) is 9.71. The molecule has 88 valence electrons. The average Bonchev–Trinajstić information content (AvgIpc) is 2.39. The standard InChI is InChI=1S/C13H13NO3/c1-16-13(17-2)12(15)10-7-9-5-3-4-6-11(9)14-8-10/h3-8,13H,1-2H3. The lowest BCUT2D eigenvalue weighted by Crippen LogP contribution is -2.25. The molecule has 1 heterocycles. The van der Waals surface area contributed by atoms with Gasteiger partial charge in [-0.15, -0.1) is 0 Å². The fraction of sp³-hybridized carbons (Fsp3) is 0.231. The molecule has 1 aromatic carbocycles. The van der Waals surface area contributed by atoms with Gasteiger partial charge in [-0.2, -0.15) is 0 Å². The van der Waals surface area contributed by atoms with Gasteiger partial charge in [-0.1, -0.05) is 18.2 Å². The number of aromatic nitrogens is 1. The van der Waals surface area contributed by atoms with Crippen LogP contribution in [0.25, 0.3) is 10.9 Å². The predicted octanol–water partition coefficient (Wildman–Crippen LogP) is 2.04. The second kappa shape index (κ2) is 5.03. The molecule has 4 nitrogen and oxygen atoms in total. The van der Waals surface area contributed by atoms with E-state index in [4.69, 9.17) is 9.47 Å². The zero-order chi connectivity index (χ0) is 12.3. The van der Waals surface area contributed by atoms with Gasteiger partial charge in [0.2, 0.25) is 12.1 Å². The molecule has 0 atom stereocenters. The number of para-hydroxylation sites is 1. The van der Waals surface area contributed by atoms with Crippen molar-refractivity contribution >= 4 is 16.7 Å². The molecule has 0 aliphatic heterocycles. The van der Waals surface area contributed by atoms with Crippen LogP contribution < -0.4 is 0 Å². The van der Waals surface area contributed by atoms with E-state index in [9.17, 15) is 4.79 Å². The normalized spacial score (nSPS) is 11.0. The Balaban J connectivity index is 2.39. The van der Waals surface area contributed by atoms with Gasteiger partial charge >= 0.3 is 0 Å². The number of ether oxygens (including phenoxy) is 2. The number of benzene rings is 1. The van der Waals surface area contributed by atoms with Crippen LogP contribution in [-0.2, 0) is 9.47 Å². The molecule has 2 rings (SSSR count). The van der Waals surface area contributed by atoms with Crippen LogP contribution in [0.5, 0.6) is 0 Å². The predicted molar refractivity (Wildman–Crippen MR) is 63.9 cm³/mol. The van der Waals surface area contributed by atoms with Crippen molar-refractivity contribution in [2.24, 2.45) is 0 Å². The van der Waals surface area contributed by atoms with Gasteiger partial charge in [0.15, 0.2) is 0 Å². The van der Waals surface area contributed by atoms with E-state index in [-0.39, 0.29) is 5.78 Å². The quantitative estimate of drug-likeness (QED) is 0.596. The number of ketones is 1. The second-order valence-corrected chi connectivity index (χ2v) is 3.58. The fourth-order valence-electron chi connectivity index (χ4n) is 1.65. The lowest BCUT2D eigenvalue weighted by Gasteiger charge is -2.11. The first-order valence-electron chi connectivity index (χ1n) is 5.21. The van der Waals surface area contributed by atoms with E-state index in [1.165, 1.54) is 20.4 Å². The summed E-state index contributed by atoms with van der Waals surface area (Å²) in [6, 6.07) is 9.41. The Labute approximate surface area is 99.2 Å². The minimum absolute atomic E-state index is 0.228. The van der Waals surface area contributed by atoms with Crippen LogP contribution in [0.1, 0.15) is 10.4 Å². The summed E-state index contributed by atoms with van der Waals surface area (Å²) in [7, 11) is 2.86. The van der Waals surface area contributed by atoms with Gasteiger partial charge in [-0.05, 0) is 12.1 Å². The average molecular weight is 231 g/mol. The number of pyridine rings is 1. The maximum Gasteiger partial charge on any atom is 0.222 e. The van der Waals surface area contributed by atoms with E-state index >= 15 is 0 Å². The Morgan fingerprint density at radius 3 is 2.65 bits per heavy atom. The molecular weight excluding hydrogens is 218 g/mol. The number of rotatable bonds is 4. The third-order valence-corrected chi connectivity index (χ3v) is 2.52. The summed E-state index contributed by atoms with van der Waals surface area (Å²) in [6.45, 7) is 0. The number of carbonyl (C=O) groups is 1. The molecule has 0 N–H and O–H groups in total. The third-order valence-electron chi connectivity index (χ3n) is 2.52. The summed E-state index contributed by atoms with van der Waals surface area (Å²) in [4.78, 5) is 16.2. The zero-order valence-corrected chi connectivity index (χ0v) is 9.71. The lowest BCUT2D eigenvalue weighted by molar-refractivity contribution is -0.0742. The molecule has 0 aliphatic carbocycles. The molecule has 4 heteroatoms. The largest absolute Gasteiger partial charge is 0.349 e. The van der Waals surface area contributed by atoms with Gasteiger partial charge in [0.1, 0.15) is 0 Å². The van der Waals surface area contributed by atoms with Gasteiger partial charge in [-0.3, -0.25) is 9.78 Å². The molecule has 0 unspecified atom stereocenters. The number of nitrogens with zero attached hydrogens (tertiary/aromatic N) is 1. The molecule has 17 heavy (non-hydrogen) atoms.